The zero-order chi connectivity index (χ0) is 21.2. The highest BCUT2D eigenvalue weighted by molar-refractivity contribution is 7.89. The number of carbonyl (C=O) groups excluding carboxylic acids is 1. The third kappa shape index (κ3) is 5.28. The lowest BCUT2D eigenvalue weighted by molar-refractivity contribution is -0.131. The third-order valence-electron chi connectivity index (χ3n) is 5.76. The number of sulfonamides is 1. The van der Waals surface area contributed by atoms with Gasteiger partial charge < -0.3 is 10.0 Å². The molecule has 0 bridgehead atoms. The lowest BCUT2D eigenvalue weighted by atomic mass is 9.90. The second-order valence-corrected chi connectivity index (χ2v) is 9.73. The van der Waals surface area contributed by atoms with Gasteiger partial charge in [0.25, 0.3) is 0 Å². The molecule has 10 heteroatoms. The van der Waals surface area contributed by atoms with Crippen molar-refractivity contribution in [2.75, 3.05) is 26.2 Å². The molecular formula is C19H26ClN3O5S. The van der Waals surface area contributed by atoms with Gasteiger partial charge in [0, 0.05) is 50.2 Å². The molecular weight excluding hydrogens is 418 g/mol. The molecule has 160 valence electrons. The molecule has 0 atom stereocenters. The highest BCUT2D eigenvalue weighted by Gasteiger charge is 2.32. The van der Waals surface area contributed by atoms with Gasteiger partial charge in [-0.05, 0) is 43.9 Å². The molecule has 2 fully saturated rings. The molecule has 2 aliphatic rings. The summed E-state index contributed by atoms with van der Waals surface area (Å²) in [5.41, 5.74) is -0.331. The zero-order valence-corrected chi connectivity index (χ0v) is 17.9. The van der Waals surface area contributed by atoms with E-state index in [0.29, 0.717) is 18.9 Å². The van der Waals surface area contributed by atoms with Crippen LogP contribution in [0.3, 0.4) is 0 Å². The largest absolute Gasteiger partial charge is 0.478 e. The van der Waals surface area contributed by atoms with E-state index in [1.807, 2.05) is 4.90 Å². The van der Waals surface area contributed by atoms with Crippen LogP contribution >= 0.6 is 11.6 Å². The highest BCUT2D eigenvalue weighted by Crippen LogP contribution is 2.27. The molecule has 0 aromatic heterocycles. The van der Waals surface area contributed by atoms with E-state index in [2.05, 4.69) is 9.62 Å². The lowest BCUT2D eigenvalue weighted by Gasteiger charge is -2.41. The van der Waals surface area contributed by atoms with E-state index in [1.54, 1.807) is 6.92 Å². The lowest BCUT2D eigenvalue weighted by Crippen LogP contribution is -2.53. The molecule has 1 aromatic rings. The summed E-state index contributed by atoms with van der Waals surface area (Å²) in [4.78, 5) is 26.8. The topological polar surface area (TPSA) is 107 Å². The fourth-order valence-electron chi connectivity index (χ4n) is 4.15. The quantitative estimate of drug-likeness (QED) is 0.718. The minimum Gasteiger partial charge on any atom is -0.478 e. The van der Waals surface area contributed by atoms with Gasteiger partial charge in [0.05, 0.1) is 10.5 Å². The molecule has 3 rings (SSSR count). The summed E-state index contributed by atoms with van der Waals surface area (Å²) in [6.07, 6.45) is 3.10. The van der Waals surface area contributed by atoms with Gasteiger partial charge in [-0.25, -0.2) is 17.9 Å². The van der Waals surface area contributed by atoms with Crippen LogP contribution in [0.5, 0.6) is 0 Å². The first-order valence-electron chi connectivity index (χ1n) is 9.72. The molecule has 0 unspecified atom stereocenters. The zero-order valence-electron chi connectivity index (χ0n) is 16.3. The molecule has 1 aliphatic heterocycles. The van der Waals surface area contributed by atoms with E-state index < -0.39 is 16.0 Å². The molecule has 0 radical (unpaired) electrons. The molecule has 1 saturated carbocycles. The predicted octanol–water partition coefficient (Wildman–Crippen LogP) is 1.79. The summed E-state index contributed by atoms with van der Waals surface area (Å²) in [6, 6.07) is 3.91. The van der Waals surface area contributed by atoms with E-state index in [4.69, 9.17) is 11.6 Å². The van der Waals surface area contributed by atoms with Gasteiger partial charge in [-0.2, -0.15) is 0 Å². The Morgan fingerprint density at radius 3 is 2.28 bits per heavy atom. The summed E-state index contributed by atoms with van der Waals surface area (Å²) in [6.45, 7) is 4.73. The van der Waals surface area contributed by atoms with Crippen LogP contribution in [-0.4, -0.2) is 73.5 Å². The Morgan fingerprint density at radius 2 is 1.72 bits per heavy atom. The van der Waals surface area contributed by atoms with Gasteiger partial charge in [0.15, 0.2) is 0 Å². The first kappa shape index (κ1) is 22.0. The number of rotatable bonds is 5. The van der Waals surface area contributed by atoms with Crippen molar-refractivity contribution in [2.24, 2.45) is 0 Å². The highest BCUT2D eigenvalue weighted by atomic mass is 35.5. The van der Waals surface area contributed by atoms with Gasteiger partial charge in [-0.1, -0.05) is 11.6 Å². The standard InChI is InChI=1S/C19H26ClN3O5S/c1-13(24)22-8-10-23(11-9-22)16-5-3-15(4-6-16)21-29(27,28)18-7-2-14(20)12-17(18)19(25)26/h2,7,12,15-16,21H,3-6,8-11H2,1H3,(H,25,26). The van der Waals surface area contributed by atoms with Crippen molar-refractivity contribution in [3.63, 3.8) is 0 Å². The van der Waals surface area contributed by atoms with Crippen molar-refractivity contribution < 1.29 is 23.1 Å². The summed E-state index contributed by atoms with van der Waals surface area (Å²) < 4.78 is 28.2. The third-order valence-corrected chi connectivity index (χ3v) is 7.57. The average molecular weight is 444 g/mol. The minimum absolute atomic E-state index is 0.102. The Kier molecular flexibility index (Phi) is 6.83. The normalized spacial score (nSPS) is 23.7. The van der Waals surface area contributed by atoms with Crippen molar-refractivity contribution in [1.29, 1.82) is 0 Å². The maximum Gasteiger partial charge on any atom is 0.337 e. The fourth-order valence-corrected chi connectivity index (χ4v) is 5.80. The minimum atomic E-state index is -3.96. The van der Waals surface area contributed by atoms with Crippen molar-refractivity contribution in [3.8, 4) is 0 Å². The van der Waals surface area contributed by atoms with Crippen LogP contribution in [0.25, 0.3) is 0 Å². The van der Waals surface area contributed by atoms with E-state index in [0.717, 1.165) is 45.1 Å². The van der Waals surface area contributed by atoms with Crippen LogP contribution < -0.4 is 4.72 Å². The van der Waals surface area contributed by atoms with E-state index in [9.17, 15) is 23.1 Å². The second-order valence-electron chi connectivity index (χ2n) is 7.61. The smallest absolute Gasteiger partial charge is 0.337 e. The van der Waals surface area contributed by atoms with Crippen LogP contribution in [0.2, 0.25) is 5.02 Å². The number of hydrogen-bond acceptors (Lipinski definition) is 5. The molecule has 1 heterocycles. The van der Waals surface area contributed by atoms with Crippen molar-refractivity contribution >= 4 is 33.5 Å². The van der Waals surface area contributed by atoms with Crippen LogP contribution in [0.1, 0.15) is 43.0 Å². The number of aromatic carboxylic acids is 1. The van der Waals surface area contributed by atoms with Crippen molar-refractivity contribution in [1.82, 2.24) is 14.5 Å². The number of nitrogens with zero attached hydrogens (tertiary/aromatic N) is 2. The number of halogens is 1. The van der Waals surface area contributed by atoms with Gasteiger partial charge in [0.1, 0.15) is 0 Å². The molecule has 1 saturated heterocycles. The number of carboxylic acid groups (broad SMARTS) is 1. The Hall–Kier alpha value is -1.68. The molecule has 2 N–H and O–H groups in total. The number of nitrogens with one attached hydrogen (secondary N) is 1. The summed E-state index contributed by atoms with van der Waals surface area (Å²) >= 11 is 5.81. The van der Waals surface area contributed by atoms with Crippen LogP contribution in [0.15, 0.2) is 23.1 Å². The Bertz CT molecular complexity index is 876. The predicted molar refractivity (Wildman–Crippen MR) is 109 cm³/mol. The number of carboxylic acids is 1. The molecule has 8 nitrogen and oxygen atoms in total. The fraction of sp³-hybridized carbons (Fsp3) is 0.579. The monoisotopic (exact) mass is 443 g/mol. The Balaban J connectivity index is 1.58. The van der Waals surface area contributed by atoms with Gasteiger partial charge in [-0.15, -0.1) is 0 Å². The van der Waals surface area contributed by atoms with Gasteiger partial charge in [-0.3, -0.25) is 9.69 Å². The maximum atomic E-state index is 12.8. The van der Waals surface area contributed by atoms with Crippen LogP contribution in [0, 0.1) is 0 Å². The van der Waals surface area contributed by atoms with Crippen molar-refractivity contribution in [3.05, 3.63) is 28.8 Å². The number of hydrogen-bond donors (Lipinski definition) is 2. The van der Waals surface area contributed by atoms with E-state index in [1.165, 1.54) is 12.1 Å². The molecule has 1 aliphatic carbocycles. The molecule has 29 heavy (non-hydrogen) atoms. The molecule has 1 aromatic carbocycles. The van der Waals surface area contributed by atoms with Crippen molar-refractivity contribution in [2.45, 2.75) is 49.6 Å². The van der Waals surface area contributed by atoms with Crippen LogP contribution in [0.4, 0.5) is 0 Å². The number of amides is 1. The van der Waals surface area contributed by atoms with Crippen LogP contribution in [-0.2, 0) is 14.8 Å². The van der Waals surface area contributed by atoms with E-state index >= 15 is 0 Å². The molecule has 0 spiro atoms. The van der Waals surface area contributed by atoms with Gasteiger partial charge in [0.2, 0.25) is 15.9 Å². The Morgan fingerprint density at radius 1 is 1.10 bits per heavy atom. The van der Waals surface area contributed by atoms with Gasteiger partial charge >= 0.3 is 5.97 Å². The summed E-state index contributed by atoms with van der Waals surface area (Å²) in [5.74, 6) is -1.23. The summed E-state index contributed by atoms with van der Waals surface area (Å²) in [5, 5.41) is 9.48. The Labute approximate surface area is 175 Å². The average Bonchev–Trinajstić information content (AvgIpc) is 2.68. The molecule has 1 amide bonds. The second kappa shape index (κ2) is 8.99. The number of piperazine rings is 1. The number of benzene rings is 1. The first-order valence-corrected chi connectivity index (χ1v) is 11.6. The number of carbonyl (C=O) groups is 2. The first-order chi connectivity index (χ1) is 13.7. The summed E-state index contributed by atoms with van der Waals surface area (Å²) in [7, 11) is -3.96. The SMILES string of the molecule is CC(=O)N1CCN(C2CCC(NS(=O)(=O)c3ccc(Cl)cc3C(=O)O)CC2)CC1. The van der Waals surface area contributed by atoms with E-state index in [-0.39, 0.29) is 27.4 Å². The maximum absolute atomic E-state index is 12.8.